The van der Waals surface area contributed by atoms with Gasteiger partial charge in [0.05, 0.1) is 34.7 Å². The van der Waals surface area contributed by atoms with Crippen LogP contribution < -0.4 is 0 Å². The topological polar surface area (TPSA) is 108 Å². The fourth-order valence-electron chi connectivity index (χ4n) is 1.99. The molecule has 2 radical (unpaired) electrons. The molecule has 1 saturated heterocycles. The first kappa shape index (κ1) is 12.6. The zero-order valence-corrected chi connectivity index (χ0v) is 9.42. The zero-order chi connectivity index (χ0) is 11.8. The molecule has 1 aliphatic carbocycles. The minimum Gasteiger partial charge on any atom is -0.393 e. The third kappa shape index (κ3) is 2.88. The molecule has 0 amide bonds. The molecule has 7 nitrogen and oxygen atoms in total. The van der Waals surface area contributed by atoms with E-state index in [0.717, 1.165) is 0 Å². The maximum atomic E-state index is 11.3. The molecule has 1 saturated carbocycles. The Morgan fingerprint density at radius 3 is 2.62 bits per heavy atom. The summed E-state index contributed by atoms with van der Waals surface area (Å²) in [6, 6.07) is 0. The smallest absolute Gasteiger partial charge is 0.393 e. The Morgan fingerprint density at radius 1 is 1.12 bits per heavy atom. The normalized spacial score (nSPS) is 44.2. The monoisotopic (exact) mass is 253 g/mol. The third-order valence-corrected chi connectivity index (χ3v) is 3.68. The summed E-state index contributed by atoms with van der Waals surface area (Å²) in [6.45, 7) is -0.0214. The Bertz CT molecular complexity index is 249. The standard InChI is InChI=1S/C8H14O7P/c9-5-3-6(10)8-7(4-5)13-1-2-14-16(11,12)15-8/h5-10H,1-4H2/q+1/t5-,6-,7-,8-/m0/s1. The highest BCUT2D eigenvalue weighted by Gasteiger charge is 2.55. The van der Waals surface area contributed by atoms with Crippen molar-refractivity contribution in [2.75, 3.05) is 13.2 Å². The van der Waals surface area contributed by atoms with Gasteiger partial charge in [0.15, 0.2) is 6.10 Å². The first-order valence-electron chi connectivity index (χ1n) is 5.10. The van der Waals surface area contributed by atoms with Crippen LogP contribution >= 0.6 is 8.17 Å². The van der Waals surface area contributed by atoms with Crippen LogP contribution in [-0.2, 0) is 23.6 Å². The fourth-order valence-corrected chi connectivity index (χ4v) is 2.92. The lowest BCUT2D eigenvalue weighted by molar-refractivity contribution is -0.159. The molecule has 92 valence electrons. The van der Waals surface area contributed by atoms with E-state index in [0.29, 0.717) is 0 Å². The predicted octanol–water partition coefficient (Wildman–Crippen LogP) is -0.159. The largest absolute Gasteiger partial charge is 0.645 e. The van der Waals surface area contributed by atoms with Gasteiger partial charge in [0.25, 0.3) is 0 Å². The summed E-state index contributed by atoms with van der Waals surface area (Å²) in [5, 5.41) is 19.1. The van der Waals surface area contributed by atoms with Gasteiger partial charge in [0, 0.05) is 12.8 Å². The first-order chi connectivity index (χ1) is 7.48. The Morgan fingerprint density at radius 2 is 1.88 bits per heavy atom. The molecule has 4 atom stereocenters. The molecule has 2 N–H and O–H groups in total. The molecule has 16 heavy (non-hydrogen) atoms. The first-order valence-corrected chi connectivity index (χ1v) is 6.56. The van der Waals surface area contributed by atoms with Crippen molar-refractivity contribution in [1.82, 2.24) is 0 Å². The van der Waals surface area contributed by atoms with E-state index in [4.69, 9.17) is 9.26 Å². The molecule has 2 aliphatic rings. The van der Waals surface area contributed by atoms with Crippen molar-refractivity contribution >= 4 is 8.17 Å². The lowest BCUT2D eigenvalue weighted by atomic mass is 9.90. The van der Waals surface area contributed by atoms with E-state index in [1.54, 1.807) is 0 Å². The van der Waals surface area contributed by atoms with Crippen molar-refractivity contribution in [2.24, 2.45) is 0 Å². The summed E-state index contributed by atoms with van der Waals surface area (Å²) >= 11 is 0. The highest BCUT2D eigenvalue weighted by Crippen LogP contribution is 2.57. The van der Waals surface area contributed by atoms with Crippen molar-refractivity contribution in [2.45, 2.75) is 37.3 Å². The van der Waals surface area contributed by atoms with Crippen LogP contribution in [0.15, 0.2) is 0 Å². The number of aliphatic hydroxyl groups is 2. The molecule has 0 bridgehead atoms. The molecule has 0 spiro atoms. The van der Waals surface area contributed by atoms with Gasteiger partial charge in [-0.15, -0.1) is 9.05 Å². The molecular weight excluding hydrogens is 239 g/mol. The van der Waals surface area contributed by atoms with E-state index in [9.17, 15) is 20.0 Å². The fraction of sp³-hybridized carbons (Fsp3) is 1.00. The van der Waals surface area contributed by atoms with Gasteiger partial charge in [-0.2, -0.15) is 0 Å². The van der Waals surface area contributed by atoms with E-state index >= 15 is 0 Å². The number of ether oxygens (including phenoxy) is 1. The average Bonchev–Trinajstić information content (AvgIpc) is 2.15. The van der Waals surface area contributed by atoms with Crippen LogP contribution in [0, 0.1) is 0 Å². The summed E-state index contributed by atoms with van der Waals surface area (Å²) < 4.78 is 14.5. The van der Waals surface area contributed by atoms with Crippen molar-refractivity contribution < 1.29 is 33.8 Å². The Hall–Kier alpha value is 0.150. The molecule has 0 aromatic carbocycles. The molecule has 0 unspecified atom stereocenters. The van der Waals surface area contributed by atoms with Crippen molar-refractivity contribution in [1.29, 1.82) is 0 Å². The maximum Gasteiger partial charge on any atom is 0.645 e. The van der Waals surface area contributed by atoms with Gasteiger partial charge in [0.2, 0.25) is 0 Å². The van der Waals surface area contributed by atoms with Gasteiger partial charge in [-0.25, -0.2) is 0 Å². The molecule has 2 fully saturated rings. The molecule has 0 aromatic heterocycles. The van der Waals surface area contributed by atoms with Crippen molar-refractivity contribution in [3.63, 3.8) is 0 Å². The Labute approximate surface area is 93.2 Å². The second-order valence-electron chi connectivity index (χ2n) is 3.95. The number of fused-ring (bicyclic) bond motifs is 1. The summed E-state index contributed by atoms with van der Waals surface area (Å²) in [5.74, 6) is 0. The summed E-state index contributed by atoms with van der Waals surface area (Å²) in [6.07, 6.45) is -3.06. The summed E-state index contributed by atoms with van der Waals surface area (Å²) in [5.41, 5.74) is 0. The lowest BCUT2D eigenvalue weighted by Crippen LogP contribution is -2.50. The summed E-state index contributed by atoms with van der Waals surface area (Å²) in [7, 11) is -4.38. The van der Waals surface area contributed by atoms with Crippen LogP contribution in [0.1, 0.15) is 12.8 Å². The van der Waals surface area contributed by atoms with Gasteiger partial charge in [-0.3, -0.25) is 0 Å². The molecule has 8 heteroatoms. The zero-order valence-electron chi connectivity index (χ0n) is 8.52. The average molecular weight is 253 g/mol. The van der Waals surface area contributed by atoms with Gasteiger partial charge >= 0.3 is 8.17 Å². The van der Waals surface area contributed by atoms with Gasteiger partial charge in [0.1, 0.15) is 6.61 Å². The van der Waals surface area contributed by atoms with E-state index in [-0.39, 0.29) is 26.1 Å². The van der Waals surface area contributed by atoms with Crippen molar-refractivity contribution in [3.05, 3.63) is 0 Å². The Kier molecular flexibility index (Phi) is 3.78. The van der Waals surface area contributed by atoms with Gasteiger partial charge < -0.3 is 14.9 Å². The number of hydrogen-bond donors (Lipinski definition) is 2. The van der Waals surface area contributed by atoms with Gasteiger partial charge in [-0.05, 0) is 0 Å². The van der Waals surface area contributed by atoms with E-state index in [1.165, 1.54) is 0 Å². The minimum atomic E-state index is -4.38. The number of rotatable bonds is 0. The SMILES string of the molecule is [O][P+]1([O])OCCO[C@H]2C[C@@H](O)C[C@H](O)[C@@H]2O1. The van der Waals surface area contributed by atoms with Crippen LogP contribution in [0.25, 0.3) is 0 Å². The van der Waals surface area contributed by atoms with Gasteiger partial charge in [-0.1, -0.05) is 0 Å². The van der Waals surface area contributed by atoms with Crippen LogP contribution in [0.5, 0.6) is 0 Å². The van der Waals surface area contributed by atoms with Crippen LogP contribution in [0.4, 0.5) is 0 Å². The lowest BCUT2D eigenvalue weighted by Gasteiger charge is -2.36. The number of aliphatic hydroxyl groups excluding tert-OH is 2. The van der Waals surface area contributed by atoms with Crippen LogP contribution in [-0.4, -0.2) is 47.8 Å². The highest BCUT2D eigenvalue weighted by atomic mass is 31.2. The van der Waals surface area contributed by atoms with Crippen LogP contribution in [0.2, 0.25) is 0 Å². The molecule has 1 aliphatic heterocycles. The molecule has 1 heterocycles. The third-order valence-electron chi connectivity index (χ3n) is 2.68. The molecule has 0 aromatic rings. The summed E-state index contributed by atoms with van der Waals surface area (Å²) in [4.78, 5) is 22.5. The molecular formula is C8H14O7P+. The van der Waals surface area contributed by atoms with E-state index in [2.05, 4.69) is 4.52 Å². The minimum absolute atomic E-state index is 0.0739. The van der Waals surface area contributed by atoms with E-state index in [1.807, 2.05) is 0 Å². The quantitative estimate of drug-likeness (QED) is 0.583. The second-order valence-corrected chi connectivity index (χ2v) is 5.32. The maximum absolute atomic E-state index is 11.3. The van der Waals surface area contributed by atoms with E-state index < -0.39 is 32.6 Å². The second kappa shape index (κ2) is 4.80. The number of hydrogen-bond acceptors (Lipinski definition) is 5. The molecule has 2 rings (SSSR count). The van der Waals surface area contributed by atoms with Crippen LogP contribution in [0.3, 0.4) is 0 Å². The Balaban J connectivity index is 2.10. The highest BCUT2D eigenvalue weighted by molar-refractivity contribution is 7.53. The predicted molar refractivity (Wildman–Crippen MR) is 50.1 cm³/mol. The van der Waals surface area contributed by atoms with Crippen molar-refractivity contribution in [3.8, 4) is 0 Å².